The van der Waals surface area contributed by atoms with Crippen LogP contribution in [0.2, 0.25) is 0 Å². The molecule has 1 aliphatic carbocycles. The zero-order chi connectivity index (χ0) is 13.2. The van der Waals surface area contributed by atoms with E-state index in [0.717, 1.165) is 22.8 Å². The summed E-state index contributed by atoms with van der Waals surface area (Å²) in [4.78, 5) is 9.01. The van der Waals surface area contributed by atoms with Crippen LogP contribution in [0.15, 0.2) is 29.1 Å². The zero-order valence-electron chi connectivity index (χ0n) is 10.8. The number of rotatable bonds is 5. The van der Waals surface area contributed by atoms with Crippen LogP contribution in [-0.4, -0.2) is 25.8 Å². The normalized spacial score (nSPS) is 16.3. The Morgan fingerprint density at radius 3 is 3.00 bits per heavy atom. The number of halogens is 1. The average molecular weight is 322 g/mol. The number of anilines is 1. The molecule has 0 aromatic carbocycles. The van der Waals surface area contributed by atoms with E-state index in [-0.39, 0.29) is 6.04 Å². The molecule has 100 valence electrons. The maximum atomic E-state index is 4.58. The third kappa shape index (κ3) is 3.32. The lowest BCUT2D eigenvalue weighted by Gasteiger charge is -2.15. The first-order chi connectivity index (χ1) is 9.20. The summed E-state index contributed by atoms with van der Waals surface area (Å²) in [7, 11) is 0. The number of nitrogens with one attached hydrogen (secondary N) is 1. The molecule has 0 aliphatic heterocycles. The fourth-order valence-corrected chi connectivity index (χ4v) is 2.42. The summed E-state index contributed by atoms with van der Waals surface area (Å²) < 4.78 is 2.76. The van der Waals surface area contributed by atoms with Gasteiger partial charge in [0.15, 0.2) is 0 Å². The van der Waals surface area contributed by atoms with E-state index in [2.05, 4.69) is 43.2 Å². The quantitative estimate of drug-likeness (QED) is 0.860. The van der Waals surface area contributed by atoms with Crippen LogP contribution < -0.4 is 5.32 Å². The van der Waals surface area contributed by atoms with Crippen molar-refractivity contribution < 1.29 is 0 Å². The van der Waals surface area contributed by atoms with Gasteiger partial charge in [0.1, 0.15) is 16.2 Å². The predicted molar refractivity (Wildman–Crippen MR) is 77.0 cm³/mol. The Balaban J connectivity index is 1.68. The monoisotopic (exact) mass is 321 g/mol. The van der Waals surface area contributed by atoms with E-state index in [4.69, 9.17) is 0 Å². The van der Waals surface area contributed by atoms with Crippen LogP contribution in [0.1, 0.15) is 31.5 Å². The van der Waals surface area contributed by atoms with Crippen molar-refractivity contribution in [2.45, 2.75) is 38.3 Å². The largest absolute Gasteiger partial charge is 0.366 e. The highest BCUT2D eigenvalue weighted by Crippen LogP contribution is 2.38. The van der Waals surface area contributed by atoms with Crippen LogP contribution in [0, 0.1) is 0 Å². The van der Waals surface area contributed by atoms with Crippen molar-refractivity contribution in [3.63, 3.8) is 0 Å². The summed E-state index contributed by atoms with van der Waals surface area (Å²) in [5.74, 6) is 2.38. The summed E-state index contributed by atoms with van der Waals surface area (Å²) in [6.07, 6.45) is 6.17. The molecule has 1 fully saturated rings. The molecule has 1 saturated carbocycles. The first-order valence-corrected chi connectivity index (χ1v) is 7.28. The van der Waals surface area contributed by atoms with Crippen molar-refractivity contribution in [2.24, 2.45) is 0 Å². The van der Waals surface area contributed by atoms with Gasteiger partial charge in [-0.1, -0.05) is 0 Å². The minimum Gasteiger partial charge on any atom is -0.366 e. The third-order valence-corrected chi connectivity index (χ3v) is 3.48. The number of nitrogens with zero attached hydrogens (tertiary/aromatic N) is 4. The molecule has 3 rings (SSSR count). The van der Waals surface area contributed by atoms with E-state index >= 15 is 0 Å². The van der Waals surface area contributed by atoms with E-state index in [1.165, 1.54) is 12.8 Å². The van der Waals surface area contributed by atoms with E-state index < -0.39 is 0 Å². The molecule has 2 aromatic heterocycles. The van der Waals surface area contributed by atoms with Gasteiger partial charge in [0, 0.05) is 30.4 Å². The van der Waals surface area contributed by atoms with Crippen LogP contribution >= 0.6 is 15.9 Å². The van der Waals surface area contributed by atoms with Gasteiger partial charge in [-0.05, 0) is 41.8 Å². The molecule has 0 spiro atoms. The Bertz CT molecular complexity index is 550. The van der Waals surface area contributed by atoms with Crippen LogP contribution in [0.5, 0.6) is 0 Å². The average Bonchev–Trinajstić information content (AvgIpc) is 3.08. The molecule has 0 saturated heterocycles. The summed E-state index contributed by atoms with van der Waals surface area (Å²) in [6, 6.07) is 4.11. The second-order valence-electron chi connectivity index (χ2n) is 4.98. The SMILES string of the molecule is CC(Cn1cccn1)Nc1cc(Br)nc(C2CC2)n1. The summed E-state index contributed by atoms with van der Waals surface area (Å²) in [6.45, 7) is 2.93. The predicted octanol–water partition coefficient (Wildman–Crippen LogP) is 2.81. The smallest absolute Gasteiger partial charge is 0.135 e. The van der Waals surface area contributed by atoms with Crippen LogP contribution in [0.4, 0.5) is 5.82 Å². The van der Waals surface area contributed by atoms with Crippen LogP contribution in [0.25, 0.3) is 0 Å². The topological polar surface area (TPSA) is 55.6 Å². The highest BCUT2D eigenvalue weighted by molar-refractivity contribution is 9.10. The van der Waals surface area contributed by atoms with E-state index in [1.54, 1.807) is 6.20 Å². The second kappa shape index (κ2) is 5.28. The lowest BCUT2D eigenvalue weighted by Crippen LogP contribution is -2.23. The highest BCUT2D eigenvalue weighted by Gasteiger charge is 2.27. The summed E-state index contributed by atoms with van der Waals surface area (Å²) in [5, 5.41) is 7.61. The Hall–Kier alpha value is -1.43. The van der Waals surface area contributed by atoms with Crippen molar-refractivity contribution in [2.75, 3.05) is 5.32 Å². The lowest BCUT2D eigenvalue weighted by atomic mass is 10.3. The highest BCUT2D eigenvalue weighted by atomic mass is 79.9. The molecule has 1 N–H and O–H groups in total. The van der Waals surface area contributed by atoms with Crippen LogP contribution in [0.3, 0.4) is 0 Å². The zero-order valence-corrected chi connectivity index (χ0v) is 12.3. The molecule has 1 aliphatic rings. The fraction of sp³-hybridized carbons (Fsp3) is 0.462. The van der Waals surface area contributed by atoms with Gasteiger partial charge in [-0.3, -0.25) is 4.68 Å². The van der Waals surface area contributed by atoms with Crippen molar-refractivity contribution >= 4 is 21.7 Å². The molecule has 0 amide bonds. The maximum Gasteiger partial charge on any atom is 0.135 e. The van der Waals surface area contributed by atoms with Gasteiger partial charge >= 0.3 is 0 Å². The summed E-state index contributed by atoms with van der Waals surface area (Å²) >= 11 is 3.45. The molecule has 0 radical (unpaired) electrons. The third-order valence-electron chi connectivity index (χ3n) is 3.07. The van der Waals surface area contributed by atoms with Gasteiger partial charge in [-0.25, -0.2) is 9.97 Å². The fourth-order valence-electron chi connectivity index (χ4n) is 2.02. The van der Waals surface area contributed by atoms with E-state index in [1.807, 2.05) is 23.0 Å². The van der Waals surface area contributed by atoms with Crippen molar-refractivity contribution in [1.82, 2.24) is 19.7 Å². The van der Waals surface area contributed by atoms with Gasteiger partial charge in [-0.15, -0.1) is 0 Å². The van der Waals surface area contributed by atoms with Gasteiger partial charge < -0.3 is 5.32 Å². The number of aromatic nitrogens is 4. The Morgan fingerprint density at radius 2 is 2.32 bits per heavy atom. The van der Waals surface area contributed by atoms with Gasteiger partial charge in [0.05, 0.1) is 6.54 Å². The lowest BCUT2D eigenvalue weighted by molar-refractivity contribution is 0.559. The maximum absolute atomic E-state index is 4.58. The molecule has 1 unspecified atom stereocenters. The van der Waals surface area contributed by atoms with Crippen molar-refractivity contribution in [3.8, 4) is 0 Å². The summed E-state index contributed by atoms with van der Waals surface area (Å²) in [5.41, 5.74) is 0. The first kappa shape index (κ1) is 12.6. The molecule has 1 atom stereocenters. The standard InChI is InChI=1S/C13H16BrN5/c1-9(8-19-6-2-5-15-19)16-12-7-11(14)17-13(18-12)10-3-4-10/h2,5-7,9-10H,3-4,8H2,1H3,(H,16,17,18). The molecule has 2 heterocycles. The Labute approximate surface area is 120 Å². The Kier molecular flexibility index (Phi) is 3.50. The molecule has 5 nitrogen and oxygen atoms in total. The molecule has 2 aromatic rings. The van der Waals surface area contributed by atoms with Crippen molar-refractivity contribution in [3.05, 3.63) is 35.0 Å². The number of hydrogen-bond donors (Lipinski definition) is 1. The Morgan fingerprint density at radius 1 is 1.47 bits per heavy atom. The number of hydrogen-bond acceptors (Lipinski definition) is 4. The van der Waals surface area contributed by atoms with Gasteiger partial charge in [0.25, 0.3) is 0 Å². The van der Waals surface area contributed by atoms with Gasteiger partial charge in [0.2, 0.25) is 0 Å². The molecule has 6 heteroatoms. The van der Waals surface area contributed by atoms with Crippen molar-refractivity contribution in [1.29, 1.82) is 0 Å². The molecular weight excluding hydrogens is 306 g/mol. The second-order valence-corrected chi connectivity index (χ2v) is 5.79. The molecule has 19 heavy (non-hydrogen) atoms. The minimum atomic E-state index is 0.258. The molecular formula is C13H16BrN5. The van der Waals surface area contributed by atoms with E-state index in [9.17, 15) is 0 Å². The van der Waals surface area contributed by atoms with Crippen LogP contribution in [-0.2, 0) is 6.54 Å². The molecule has 0 bridgehead atoms. The first-order valence-electron chi connectivity index (χ1n) is 6.49. The van der Waals surface area contributed by atoms with Gasteiger partial charge in [-0.2, -0.15) is 5.10 Å². The minimum absolute atomic E-state index is 0.258. The van der Waals surface area contributed by atoms with E-state index in [0.29, 0.717) is 5.92 Å².